The number of hydrogen-bond acceptors (Lipinski definition) is 7. The molecule has 1 amide bonds. The van der Waals surface area contributed by atoms with Gasteiger partial charge in [-0.25, -0.2) is 9.31 Å². The number of ether oxygens (including phenoxy) is 3. The molecule has 1 aliphatic heterocycles. The van der Waals surface area contributed by atoms with Crippen LogP contribution in [0.1, 0.15) is 17.5 Å². The molecule has 0 bridgehead atoms. The van der Waals surface area contributed by atoms with Crippen LogP contribution in [0.15, 0.2) is 67.0 Å². The van der Waals surface area contributed by atoms with Crippen LogP contribution in [0.25, 0.3) is 5.52 Å². The van der Waals surface area contributed by atoms with Gasteiger partial charge in [0, 0.05) is 17.7 Å². The van der Waals surface area contributed by atoms with E-state index in [4.69, 9.17) is 14.2 Å². The number of rotatable bonds is 6. The summed E-state index contributed by atoms with van der Waals surface area (Å²) in [6.45, 7) is 2.84. The lowest BCUT2D eigenvalue weighted by Gasteiger charge is -2.12. The molecular weight excluding hydrogens is 446 g/mol. The van der Waals surface area contributed by atoms with E-state index in [0.29, 0.717) is 47.8 Å². The minimum atomic E-state index is -0.552. The highest BCUT2D eigenvalue weighted by molar-refractivity contribution is 5.92. The summed E-state index contributed by atoms with van der Waals surface area (Å²) in [6.07, 6.45) is 3.06. The van der Waals surface area contributed by atoms with Crippen LogP contribution in [0.2, 0.25) is 0 Å². The number of nitrogens with one attached hydrogen (secondary N) is 2. The van der Waals surface area contributed by atoms with Gasteiger partial charge in [-0.2, -0.15) is 10.4 Å². The predicted octanol–water partition coefficient (Wildman–Crippen LogP) is 5.39. The number of anilines is 3. The Morgan fingerprint density at radius 2 is 1.94 bits per heavy atom. The van der Waals surface area contributed by atoms with Gasteiger partial charge in [0.25, 0.3) is 0 Å². The molecule has 1 fully saturated rings. The fourth-order valence-corrected chi connectivity index (χ4v) is 3.90. The summed E-state index contributed by atoms with van der Waals surface area (Å²) in [6, 6.07) is 19.2. The summed E-state index contributed by atoms with van der Waals surface area (Å²) in [5.74, 6) is 1.44. The Bertz CT molecular complexity index is 1390. The van der Waals surface area contributed by atoms with E-state index in [1.807, 2.05) is 61.5 Å². The number of amides is 1. The predicted molar refractivity (Wildman–Crippen MR) is 130 cm³/mol. The van der Waals surface area contributed by atoms with Gasteiger partial charge in [0.15, 0.2) is 0 Å². The van der Waals surface area contributed by atoms with Gasteiger partial charge in [-0.1, -0.05) is 18.2 Å². The summed E-state index contributed by atoms with van der Waals surface area (Å²) < 4.78 is 18.1. The van der Waals surface area contributed by atoms with Gasteiger partial charge < -0.3 is 19.5 Å². The molecule has 0 spiro atoms. The van der Waals surface area contributed by atoms with Crippen molar-refractivity contribution in [2.75, 3.05) is 23.8 Å². The summed E-state index contributed by atoms with van der Waals surface area (Å²) >= 11 is 0. The maximum absolute atomic E-state index is 12.4. The molecule has 35 heavy (non-hydrogen) atoms. The smallest absolute Gasteiger partial charge is 0.412 e. The van der Waals surface area contributed by atoms with Gasteiger partial charge in [0.1, 0.15) is 23.7 Å². The fourth-order valence-electron chi connectivity index (χ4n) is 3.90. The molecule has 1 aliphatic rings. The number of benzene rings is 2. The van der Waals surface area contributed by atoms with Crippen LogP contribution < -0.4 is 15.4 Å². The van der Waals surface area contributed by atoms with Crippen molar-refractivity contribution in [1.82, 2.24) is 9.61 Å². The van der Waals surface area contributed by atoms with E-state index in [2.05, 4.69) is 21.8 Å². The quantitative estimate of drug-likeness (QED) is 0.390. The number of aromatic nitrogens is 2. The van der Waals surface area contributed by atoms with Crippen LogP contribution in [0.5, 0.6) is 11.5 Å². The zero-order valence-electron chi connectivity index (χ0n) is 19.0. The van der Waals surface area contributed by atoms with Gasteiger partial charge in [-0.05, 0) is 43.3 Å². The lowest BCUT2D eigenvalue weighted by molar-refractivity contribution is 0.0932. The molecule has 2 aromatic carbocycles. The third kappa shape index (κ3) is 4.88. The molecule has 2 aromatic heterocycles. The Balaban J connectivity index is 1.39. The van der Waals surface area contributed by atoms with E-state index in [9.17, 15) is 10.1 Å². The van der Waals surface area contributed by atoms with E-state index in [0.717, 1.165) is 17.0 Å². The Hall–Kier alpha value is -4.55. The molecule has 5 rings (SSSR count). The maximum atomic E-state index is 12.4. The third-order valence-electron chi connectivity index (χ3n) is 5.68. The molecule has 1 atom stereocenters. The van der Waals surface area contributed by atoms with E-state index >= 15 is 0 Å². The molecule has 0 saturated carbocycles. The second kappa shape index (κ2) is 9.75. The first-order valence-electron chi connectivity index (χ1n) is 11.2. The summed E-state index contributed by atoms with van der Waals surface area (Å²) in [5.41, 5.74) is 3.70. The van der Waals surface area contributed by atoms with Gasteiger partial charge in [-0.15, -0.1) is 0 Å². The number of aryl methyl sites for hydroxylation is 1. The van der Waals surface area contributed by atoms with Gasteiger partial charge in [0.2, 0.25) is 0 Å². The van der Waals surface area contributed by atoms with E-state index in [-0.39, 0.29) is 6.10 Å². The number of carbonyl (C=O) groups is 1. The Kier molecular flexibility index (Phi) is 6.20. The Labute approximate surface area is 201 Å². The Morgan fingerprint density at radius 1 is 1.17 bits per heavy atom. The van der Waals surface area contributed by atoms with Crippen molar-refractivity contribution in [3.63, 3.8) is 0 Å². The van der Waals surface area contributed by atoms with Crippen LogP contribution in [-0.2, 0) is 9.47 Å². The van der Waals surface area contributed by atoms with Crippen molar-refractivity contribution in [3.8, 4) is 17.6 Å². The van der Waals surface area contributed by atoms with Crippen LogP contribution >= 0.6 is 0 Å². The van der Waals surface area contributed by atoms with E-state index < -0.39 is 6.09 Å². The van der Waals surface area contributed by atoms with Gasteiger partial charge in [0.05, 0.1) is 48.1 Å². The number of para-hydroxylation sites is 1. The van der Waals surface area contributed by atoms with Crippen molar-refractivity contribution < 1.29 is 19.0 Å². The molecule has 9 heteroatoms. The van der Waals surface area contributed by atoms with Crippen molar-refractivity contribution >= 4 is 28.7 Å². The second-order valence-corrected chi connectivity index (χ2v) is 8.09. The molecule has 4 aromatic rings. The number of fused-ring (bicyclic) bond motifs is 1. The number of nitrogens with zero attached hydrogens (tertiary/aromatic N) is 3. The molecular formula is C26H23N5O4. The molecule has 0 aliphatic carbocycles. The summed E-state index contributed by atoms with van der Waals surface area (Å²) in [5, 5.41) is 20.1. The highest BCUT2D eigenvalue weighted by atomic mass is 16.6. The van der Waals surface area contributed by atoms with Gasteiger partial charge in [-0.3, -0.25) is 5.32 Å². The molecule has 3 heterocycles. The van der Waals surface area contributed by atoms with Crippen LogP contribution in [0.3, 0.4) is 0 Å². The van der Waals surface area contributed by atoms with Gasteiger partial charge >= 0.3 is 6.09 Å². The van der Waals surface area contributed by atoms with Crippen molar-refractivity contribution in [2.24, 2.45) is 0 Å². The molecule has 1 saturated heterocycles. The lowest BCUT2D eigenvalue weighted by Crippen LogP contribution is -2.22. The average Bonchev–Trinajstić information content (AvgIpc) is 3.49. The average molecular weight is 470 g/mol. The van der Waals surface area contributed by atoms with Crippen LogP contribution in [0.4, 0.5) is 21.9 Å². The zero-order chi connectivity index (χ0) is 24.2. The van der Waals surface area contributed by atoms with Crippen LogP contribution in [-0.4, -0.2) is 35.0 Å². The van der Waals surface area contributed by atoms with Crippen molar-refractivity contribution in [3.05, 3.63) is 78.1 Å². The minimum Gasteiger partial charge on any atom is -0.457 e. The minimum absolute atomic E-state index is 0.248. The molecule has 1 unspecified atom stereocenters. The standard InChI is InChI=1S/C26H23N5O4/c1-17-23(30-26(32)35-22-11-12-33-16-22)15-31-25(17)24(18(13-27)14-28-31)29-19-7-9-21(10-8-19)34-20-5-3-2-4-6-20/h2-10,14-15,22,29H,11-12,16H2,1H3,(H,30,32). The molecule has 176 valence electrons. The molecule has 9 nitrogen and oxygen atoms in total. The first-order valence-corrected chi connectivity index (χ1v) is 11.2. The number of carbonyl (C=O) groups excluding carboxylic acids is 1. The van der Waals surface area contributed by atoms with Crippen molar-refractivity contribution in [2.45, 2.75) is 19.4 Å². The first-order chi connectivity index (χ1) is 17.1. The molecule has 2 N–H and O–H groups in total. The second-order valence-electron chi connectivity index (χ2n) is 8.09. The monoisotopic (exact) mass is 469 g/mol. The molecule has 0 radical (unpaired) electrons. The van der Waals surface area contributed by atoms with E-state index in [1.165, 1.54) is 6.20 Å². The Morgan fingerprint density at radius 3 is 2.66 bits per heavy atom. The largest absolute Gasteiger partial charge is 0.457 e. The highest BCUT2D eigenvalue weighted by Gasteiger charge is 2.22. The summed E-state index contributed by atoms with van der Waals surface area (Å²) in [7, 11) is 0. The highest BCUT2D eigenvalue weighted by Crippen LogP contribution is 2.33. The first kappa shape index (κ1) is 22.3. The normalized spacial score (nSPS) is 14.9. The topological polar surface area (TPSA) is 110 Å². The fraction of sp³-hybridized carbons (Fsp3) is 0.192. The SMILES string of the molecule is Cc1c(NC(=O)OC2CCOC2)cn2ncc(C#N)c(Nc3ccc(Oc4ccccc4)cc3)c12. The van der Waals surface area contributed by atoms with Crippen molar-refractivity contribution in [1.29, 1.82) is 5.26 Å². The van der Waals surface area contributed by atoms with Crippen LogP contribution in [0, 0.1) is 18.3 Å². The third-order valence-corrected chi connectivity index (χ3v) is 5.68. The maximum Gasteiger partial charge on any atom is 0.412 e. The lowest BCUT2D eigenvalue weighted by atomic mass is 10.1. The zero-order valence-corrected chi connectivity index (χ0v) is 19.0. The number of nitriles is 1. The van der Waals surface area contributed by atoms with E-state index in [1.54, 1.807) is 10.7 Å². The summed E-state index contributed by atoms with van der Waals surface area (Å²) in [4.78, 5) is 12.4. The number of hydrogen-bond donors (Lipinski definition) is 2.